The van der Waals surface area contributed by atoms with Crippen LogP contribution in [0.2, 0.25) is 0 Å². The zero-order valence-corrected chi connectivity index (χ0v) is 19.3. The predicted molar refractivity (Wildman–Crippen MR) is 129 cm³/mol. The first-order chi connectivity index (χ1) is 16.9. The third-order valence-corrected chi connectivity index (χ3v) is 5.60. The fourth-order valence-electron chi connectivity index (χ4n) is 3.70. The normalized spacial score (nSPS) is 10.8. The Labute approximate surface area is 201 Å². The third-order valence-electron chi connectivity index (χ3n) is 5.60. The van der Waals surface area contributed by atoms with E-state index >= 15 is 0 Å². The van der Waals surface area contributed by atoms with Crippen LogP contribution in [-0.2, 0) is 6.42 Å². The quantitative estimate of drug-likeness (QED) is 0.203. The highest BCUT2D eigenvalue weighted by atomic mass is 19.2. The Bertz CT molecular complexity index is 1350. The second kappa shape index (κ2) is 10.5. The van der Waals surface area contributed by atoms with Crippen molar-refractivity contribution in [2.24, 2.45) is 0 Å². The molecule has 4 rings (SSSR count). The Hall–Kier alpha value is -4.06. The summed E-state index contributed by atoms with van der Waals surface area (Å²) in [5, 5.41) is 0. The van der Waals surface area contributed by atoms with E-state index in [9.17, 15) is 18.0 Å². The standard InChI is InChI=1S/C29H23F3O3/c1-3-18-5-7-20(8-6-18)24-15-16-25(28(32)27(24)31)29(33)35-21-11-9-19(10-12-21)23-14-13-22(34-4-2)17-26(23)30/h5-17H,3-4H2,1-2H3. The first kappa shape index (κ1) is 24.1. The molecule has 0 bridgehead atoms. The van der Waals surface area contributed by atoms with E-state index in [4.69, 9.17) is 9.47 Å². The van der Waals surface area contributed by atoms with Gasteiger partial charge < -0.3 is 9.47 Å². The number of ether oxygens (including phenoxy) is 2. The summed E-state index contributed by atoms with van der Waals surface area (Å²) < 4.78 is 54.4. The molecule has 0 saturated carbocycles. The van der Waals surface area contributed by atoms with E-state index in [0.717, 1.165) is 12.0 Å². The Kier molecular flexibility index (Phi) is 7.20. The summed E-state index contributed by atoms with van der Waals surface area (Å²) in [4.78, 5) is 12.5. The van der Waals surface area contributed by atoms with Crippen molar-refractivity contribution in [3.8, 4) is 33.8 Å². The van der Waals surface area contributed by atoms with Crippen LogP contribution in [0.1, 0.15) is 29.8 Å². The van der Waals surface area contributed by atoms with Crippen LogP contribution < -0.4 is 9.47 Å². The molecule has 0 heterocycles. The van der Waals surface area contributed by atoms with Crippen LogP contribution in [-0.4, -0.2) is 12.6 Å². The molecule has 4 aromatic carbocycles. The minimum Gasteiger partial charge on any atom is -0.494 e. The molecule has 0 fully saturated rings. The molecule has 3 nitrogen and oxygen atoms in total. The van der Waals surface area contributed by atoms with Crippen LogP contribution >= 0.6 is 0 Å². The molecule has 0 atom stereocenters. The lowest BCUT2D eigenvalue weighted by atomic mass is 10.0. The van der Waals surface area contributed by atoms with E-state index in [-0.39, 0.29) is 11.3 Å². The van der Waals surface area contributed by atoms with E-state index < -0.39 is 29.0 Å². The Morgan fingerprint density at radius 2 is 1.31 bits per heavy atom. The minimum absolute atomic E-state index is 0.0587. The van der Waals surface area contributed by atoms with E-state index in [1.54, 1.807) is 36.4 Å². The average Bonchev–Trinajstić information content (AvgIpc) is 2.87. The van der Waals surface area contributed by atoms with Crippen LogP contribution in [0.3, 0.4) is 0 Å². The highest BCUT2D eigenvalue weighted by Gasteiger charge is 2.21. The van der Waals surface area contributed by atoms with Crippen LogP contribution in [0.4, 0.5) is 13.2 Å². The second-order valence-corrected chi connectivity index (χ2v) is 7.83. The zero-order valence-electron chi connectivity index (χ0n) is 19.3. The zero-order chi connectivity index (χ0) is 24.9. The molecular weight excluding hydrogens is 453 g/mol. The van der Waals surface area contributed by atoms with Gasteiger partial charge >= 0.3 is 5.97 Å². The highest BCUT2D eigenvalue weighted by molar-refractivity contribution is 5.92. The molecule has 0 unspecified atom stereocenters. The first-order valence-electron chi connectivity index (χ1n) is 11.2. The van der Waals surface area contributed by atoms with Crippen LogP contribution in [0.25, 0.3) is 22.3 Å². The maximum Gasteiger partial charge on any atom is 0.346 e. The Morgan fingerprint density at radius 1 is 0.714 bits per heavy atom. The number of rotatable bonds is 7. The molecule has 0 aromatic heterocycles. The van der Waals surface area contributed by atoms with Crippen molar-refractivity contribution >= 4 is 5.97 Å². The molecule has 35 heavy (non-hydrogen) atoms. The van der Waals surface area contributed by atoms with Gasteiger partial charge in [-0.3, -0.25) is 0 Å². The van der Waals surface area contributed by atoms with Gasteiger partial charge in [-0.15, -0.1) is 0 Å². The lowest BCUT2D eigenvalue weighted by Crippen LogP contribution is -2.12. The number of carbonyl (C=O) groups is 1. The molecule has 178 valence electrons. The highest BCUT2D eigenvalue weighted by Crippen LogP contribution is 2.30. The topological polar surface area (TPSA) is 35.5 Å². The van der Waals surface area contributed by atoms with Crippen molar-refractivity contribution in [1.29, 1.82) is 0 Å². The molecule has 0 aliphatic carbocycles. The first-order valence-corrected chi connectivity index (χ1v) is 11.2. The minimum atomic E-state index is -1.28. The Balaban J connectivity index is 1.51. The molecule has 0 saturated heterocycles. The van der Waals surface area contributed by atoms with Gasteiger partial charge in [-0.2, -0.15) is 0 Å². The number of esters is 1. The summed E-state index contributed by atoms with van der Waals surface area (Å²) in [6.45, 7) is 4.24. The van der Waals surface area contributed by atoms with Gasteiger partial charge in [-0.1, -0.05) is 49.4 Å². The molecule has 6 heteroatoms. The number of hydrogen-bond donors (Lipinski definition) is 0. The van der Waals surface area contributed by atoms with Crippen LogP contribution in [0.5, 0.6) is 11.5 Å². The van der Waals surface area contributed by atoms with E-state index in [1.165, 1.54) is 30.3 Å². The summed E-state index contributed by atoms with van der Waals surface area (Å²) in [7, 11) is 0. The fourth-order valence-corrected chi connectivity index (χ4v) is 3.70. The number of aryl methyl sites for hydroxylation is 1. The van der Waals surface area contributed by atoms with Gasteiger partial charge in [-0.25, -0.2) is 18.0 Å². The van der Waals surface area contributed by atoms with Gasteiger partial charge in [0, 0.05) is 17.2 Å². The van der Waals surface area contributed by atoms with Crippen molar-refractivity contribution < 1.29 is 27.4 Å². The molecule has 0 spiro atoms. The van der Waals surface area contributed by atoms with Crippen LogP contribution in [0.15, 0.2) is 78.9 Å². The maximum absolute atomic E-state index is 14.8. The number of benzene rings is 4. The van der Waals surface area contributed by atoms with Crippen molar-refractivity contribution in [3.63, 3.8) is 0 Å². The molecular formula is C29H23F3O3. The van der Waals surface area contributed by atoms with E-state index in [2.05, 4.69) is 0 Å². The molecule has 4 aromatic rings. The van der Waals surface area contributed by atoms with Gasteiger partial charge in [0.15, 0.2) is 11.6 Å². The monoisotopic (exact) mass is 476 g/mol. The lowest BCUT2D eigenvalue weighted by molar-refractivity contribution is 0.0728. The van der Waals surface area contributed by atoms with Gasteiger partial charge in [0.05, 0.1) is 12.2 Å². The van der Waals surface area contributed by atoms with Crippen molar-refractivity contribution in [3.05, 3.63) is 107 Å². The maximum atomic E-state index is 14.8. The summed E-state index contributed by atoms with van der Waals surface area (Å²) in [5.41, 5.74) is 2.03. The molecule has 0 N–H and O–H groups in total. The predicted octanol–water partition coefficient (Wildman–Crippen LogP) is 7.62. The van der Waals surface area contributed by atoms with Crippen molar-refractivity contribution in [2.45, 2.75) is 20.3 Å². The van der Waals surface area contributed by atoms with Gasteiger partial charge in [0.1, 0.15) is 17.3 Å². The van der Waals surface area contributed by atoms with Gasteiger partial charge in [0.2, 0.25) is 0 Å². The van der Waals surface area contributed by atoms with Crippen molar-refractivity contribution in [1.82, 2.24) is 0 Å². The molecule has 0 aliphatic rings. The van der Waals surface area contributed by atoms with Crippen molar-refractivity contribution in [2.75, 3.05) is 6.61 Å². The fraction of sp³-hybridized carbons (Fsp3) is 0.138. The SMILES string of the molecule is CCOc1ccc(-c2ccc(OC(=O)c3ccc(-c4ccc(CC)cc4)c(F)c3F)cc2)c(F)c1. The number of carbonyl (C=O) groups excluding carboxylic acids is 1. The van der Waals surface area contributed by atoms with Crippen LogP contribution in [0, 0.1) is 17.5 Å². The Morgan fingerprint density at radius 3 is 1.94 bits per heavy atom. The molecule has 0 radical (unpaired) electrons. The van der Waals surface area contributed by atoms with Gasteiger partial charge in [0.25, 0.3) is 0 Å². The number of halogens is 3. The summed E-state index contributed by atoms with van der Waals surface area (Å²) in [5.74, 6) is -3.34. The largest absolute Gasteiger partial charge is 0.494 e. The molecule has 0 aliphatic heterocycles. The van der Waals surface area contributed by atoms with E-state index in [1.807, 2.05) is 26.0 Å². The third kappa shape index (κ3) is 5.22. The average molecular weight is 476 g/mol. The lowest BCUT2D eigenvalue weighted by Gasteiger charge is -2.10. The van der Waals surface area contributed by atoms with Gasteiger partial charge in [-0.05, 0) is 60.4 Å². The summed E-state index contributed by atoms with van der Waals surface area (Å²) in [6, 6.07) is 20.3. The molecule has 0 amide bonds. The summed E-state index contributed by atoms with van der Waals surface area (Å²) in [6.07, 6.45) is 0.831. The second-order valence-electron chi connectivity index (χ2n) is 7.83. The summed E-state index contributed by atoms with van der Waals surface area (Å²) >= 11 is 0. The number of hydrogen-bond acceptors (Lipinski definition) is 3. The smallest absolute Gasteiger partial charge is 0.346 e. The van der Waals surface area contributed by atoms with E-state index in [0.29, 0.717) is 29.0 Å².